The normalized spacial score (nSPS) is 13.5. The molecule has 1 unspecified atom stereocenters. The number of halogens is 1. The number of nitrogens with one attached hydrogen (secondary N) is 1. The smallest absolute Gasteiger partial charge is 0.295 e. The maximum atomic E-state index is 13.7. The summed E-state index contributed by atoms with van der Waals surface area (Å²) in [5, 5.41) is 3.18. The van der Waals surface area contributed by atoms with E-state index in [4.69, 9.17) is 11.6 Å². The minimum absolute atomic E-state index is 0.0244. The highest BCUT2D eigenvalue weighted by atomic mass is 35.5. The van der Waals surface area contributed by atoms with Crippen LogP contribution in [0.1, 0.15) is 32.0 Å². The molecule has 5 rings (SSSR count). The number of imide groups is 1. The van der Waals surface area contributed by atoms with Gasteiger partial charge >= 0.3 is 0 Å². The van der Waals surface area contributed by atoms with E-state index in [2.05, 4.69) is 5.32 Å². The van der Waals surface area contributed by atoms with Crippen LogP contribution in [-0.2, 0) is 18.3 Å². The van der Waals surface area contributed by atoms with Crippen LogP contribution in [0.2, 0.25) is 5.02 Å². The highest BCUT2D eigenvalue weighted by molar-refractivity contribution is 6.30. The molecule has 0 fully saturated rings. The van der Waals surface area contributed by atoms with Crippen molar-refractivity contribution in [1.29, 1.82) is 0 Å². The van der Waals surface area contributed by atoms with Crippen LogP contribution in [0.15, 0.2) is 83.7 Å². The number of para-hydroxylation sites is 1. The Hall–Kier alpha value is -4.43. The van der Waals surface area contributed by atoms with Gasteiger partial charge in [0.05, 0.1) is 22.5 Å². The number of carbonyl (C=O) groups is 3. The van der Waals surface area contributed by atoms with E-state index >= 15 is 0 Å². The van der Waals surface area contributed by atoms with Crippen LogP contribution in [0.4, 0.5) is 5.69 Å². The third-order valence-corrected chi connectivity index (χ3v) is 6.80. The molecule has 8 nitrogen and oxygen atoms in total. The van der Waals surface area contributed by atoms with Crippen molar-refractivity contribution < 1.29 is 14.4 Å². The summed E-state index contributed by atoms with van der Waals surface area (Å²) in [6.45, 7) is 1.71. The molecule has 0 bridgehead atoms. The number of aromatic nitrogens is 2. The van der Waals surface area contributed by atoms with Crippen LogP contribution in [0.3, 0.4) is 0 Å². The maximum Gasteiger partial charge on any atom is 0.295 e. The molecule has 0 spiro atoms. The van der Waals surface area contributed by atoms with Gasteiger partial charge in [0, 0.05) is 18.5 Å². The molecule has 1 atom stereocenters. The third kappa shape index (κ3) is 4.25. The monoisotopic (exact) mass is 514 g/mol. The zero-order valence-corrected chi connectivity index (χ0v) is 20.9. The Labute approximate surface area is 217 Å². The fourth-order valence-corrected chi connectivity index (χ4v) is 4.81. The standard InChI is InChI=1S/C28H23ClN4O4/c1-17-24(28(37)33(31(17)2)20-11-4-3-5-12-20)30-25(34)23(16-18-9-8-10-19(29)15-18)32-26(35)21-13-6-7-14-22(21)27(32)36/h3-15,23H,16H2,1-2H3,(H,30,34). The first kappa shape index (κ1) is 24.3. The van der Waals surface area contributed by atoms with Crippen molar-refractivity contribution in [3.63, 3.8) is 0 Å². The summed E-state index contributed by atoms with van der Waals surface area (Å²) in [6, 6.07) is 21.1. The summed E-state index contributed by atoms with van der Waals surface area (Å²) < 4.78 is 3.08. The van der Waals surface area contributed by atoms with E-state index < -0.39 is 29.3 Å². The van der Waals surface area contributed by atoms with E-state index in [-0.39, 0.29) is 23.2 Å². The van der Waals surface area contributed by atoms with Crippen molar-refractivity contribution in [2.24, 2.45) is 7.05 Å². The molecule has 186 valence electrons. The summed E-state index contributed by atoms with van der Waals surface area (Å²) >= 11 is 6.15. The van der Waals surface area contributed by atoms with Gasteiger partial charge in [-0.05, 0) is 48.9 Å². The molecule has 0 radical (unpaired) electrons. The van der Waals surface area contributed by atoms with Crippen LogP contribution in [0, 0.1) is 6.92 Å². The molecule has 1 aliphatic rings. The Morgan fingerprint density at radius 1 is 0.892 bits per heavy atom. The van der Waals surface area contributed by atoms with Crippen LogP contribution in [0.5, 0.6) is 0 Å². The van der Waals surface area contributed by atoms with Gasteiger partial charge in [0.1, 0.15) is 11.7 Å². The number of fused-ring (bicyclic) bond motifs is 1. The molecule has 9 heteroatoms. The lowest BCUT2D eigenvalue weighted by molar-refractivity contribution is -0.119. The van der Waals surface area contributed by atoms with Crippen molar-refractivity contribution in [2.45, 2.75) is 19.4 Å². The lowest BCUT2D eigenvalue weighted by Crippen LogP contribution is -2.49. The van der Waals surface area contributed by atoms with E-state index in [1.165, 1.54) is 4.68 Å². The lowest BCUT2D eigenvalue weighted by Gasteiger charge is -2.25. The van der Waals surface area contributed by atoms with Gasteiger partial charge in [0.2, 0.25) is 5.91 Å². The predicted octanol–water partition coefficient (Wildman–Crippen LogP) is 3.98. The summed E-state index contributed by atoms with van der Waals surface area (Å²) in [5.74, 6) is -1.77. The number of amides is 3. The average molecular weight is 515 g/mol. The van der Waals surface area contributed by atoms with E-state index in [0.29, 0.717) is 22.0 Å². The number of hydrogen-bond acceptors (Lipinski definition) is 4. The molecule has 1 aliphatic heterocycles. The average Bonchev–Trinajstić information content (AvgIpc) is 3.27. The summed E-state index contributed by atoms with van der Waals surface area (Å²) in [7, 11) is 1.72. The summed E-state index contributed by atoms with van der Waals surface area (Å²) in [4.78, 5) is 54.6. The van der Waals surface area contributed by atoms with Crippen molar-refractivity contribution in [3.8, 4) is 5.69 Å². The number of anilines is 1. The highest BCUT2D eigenvalue weighted by Gasteiger charge is 2.43. The Bertz CT molecular complexity index is 1570. The van der Waals surface area contributed by atoms with E-state index in [1.54, 1.807) is 79.3 Å². The molecule has 3 aromatic carbocycles. The van der Waals surface area contributed by atoms with Gasteiger partial charge in [-0.15, -0.1) is 0 Å². The minimum Gasteiger partial charge on any atom is -0.318 e. The molecular weight excluding hydrogens is 492 g/mol. The van der Waals surface area contributed by atoms with Crippen LogP contribution < -0.4 is 10.9 Å². The van der Waals surface area contributed by atoms with Gasteiger partial charge in [0.25, 0.3) is 17.4 Å². The van der Waals surface area contributed by atoms with Gasteiger partial charge in [0.15, 0.2) is 0 Å². The predicted molar refractivity (Wildman–Crippen MR) is 140 cm³/mol. The zero-order valence-electron chi connectivity index (χ0n) is 20.1. The van der Waals surface area contributed by atoms with Gasteiger partial charge in [-0.25, -0.2) is 4.68 Å². The Morgan fingerprint density at radius 3 is 2.14 bits per heavy atom. The summed E-state index contributed by atoms with van der Waals surface area (Å²) in [6.07, 6.45) is 0.0244. The largest absolute Gasteiger partial charge is 0.318 e. The third-order valence-electron chi connectivity index (χ3n) is 6.56. The van der Waals surface area contributed by atoms with E-state index in [1.807, 2.05) is 18.2 Å². The van der Waals surface area contributed by atoms with Crippen molar-refractivity contribution in [1.82, 2.24) is 14.3 Å². The van der Waals surface area contributed by atoms with E-state index in [9.17, 15) is 19.2 Å². The number of nitrogens with zero attached hydrogens (tertiary/aromatic N) is 3. The second kappa shape index (κ2) is 9.55. The molecule has 4 aromatic rings. The molecule has 0 saturated carbocycles. The van der Waals surface area contributed by atoms with E-state index in [0.717, 1.165) is 4.90 Å². The van der Waals surface area contributed by atoms with Gasteiger partial charge in [-0.3, -0.25) is 28.8 Å². The second-order valence-electron chi connectivity index (χ2n) is 8.80. The topological polar surface area (TPSA) is 93.4 Å². The molecule has 2 heterocycles. The first-order valence-corrected chi connectivity index (χ1v) is 12.0. The molecule has 37 heavy (non-hydrogen) atoms. The molecular formula is C28H23ClN4O4. The second-order valence-corrected chi connectivity index (χ2v) is 9.24. The lowest BCUT2D eigenvalue weighted by atomic mass is 10.0. The Kier molecular flexibility index (Phi) is 6.27. The van der Waals surface area contributed by atoms with Crippen LogP contribution in [0.25, 0.3) is 5.69 Å². The van der Waals surface area contributed by atoms with Gasteiger partial charge in [-0.1, -0.05) is 54.1 Å². The fourth-order valence-electron chi connectivity index (χ4n) is 4.60. The quantitative estimate of drug-likeness (QED) is 0.394. The molecule has 0 saturated heterocycles. The number of hydrogen-bond donors (Lipinski definition) is 1. The van der Waals surface area contributed by atoms with Gasteiger partial charge in [-0.2, -0.15) is 0 Å². The van der Waals surface area contributed by atoms with Crippen molar-refractivity contribution in [2.75, 3.05) is 5.32 Å². The molecule has 3 amide bonds. The first-order valence-electron chi connectivity index (χ1n) is 11.6. The van der Waals surface area contributed by atoms with Gasteiger partial charge < -0.3 is 5.32 Å². The molecule has 0 aliphatic carbocycles. The van der Waals surface area contributed by atoms with Crippen LogP contribution in [-0.4, -0.2) is 38.0 Å². The zero-order chi connectivity index (χ0) is 26.3. The Balaban J connectivity index is 1.54. The minimum atomic E-state index is -1.21. The Morgan fingerprint density at radius 2 is 1.51 bits per heavy atom. The van der Waals surface area contributed by atoms with Crippen molar-refractivity contribution >= 4 is 35.0 Å². The van der Waals surface area contributed by atoms with Crippen molar-refractivity contribution in [3.05, 3.63) is 117 Å². The highest BCUT2D eigenvalue weighted by Crippen LogP contribution is 2.27. The number of rotatable bonds is 6. The van der Waals surface area contributed by atoms with Crippen LogP contribution >= 0.6 is 11.6 Å². The SMILES string of the molecule is Cc1c(NC(=O)C(Cc2cccc(Cl)c2)N2C(=O)c3ccccc3C2=O)c(=O)n(-c2ccccc2)n1C. The number of carbonyl (C=O) groups excluding carboxylic acids is 3. The first-order chi connectivity index (χ1) is 17.8. The fraction of sp³-hybridized carbons (Fsp3) is 0.143. The summed E-state index contributed by atoms with van der Waals surface area (Å²) in [5.41, 5.74) is 1.93. The maximum absolute atomic E-state index is 13.7. The molecule has 1 aromatic heterocycles. The molecule has 1 N–H and O–H groups in total. The number of benzene rings is 3.